The lowest BCUT2D eigenvalue weighted by Crippen LogP contribution is -2.37. The number of benzene rings is 1. The van der Waals surface area contributed by atoms with Gasteiger partial charge in [-0.25, -0.2) is 4.98 Å². The third kappa shape index (κ3) is 3.77. The van der Waals surface area contributed by atoms with Gasteiger partial charge in [0.1, 0.15) is 9.88 Å². The van der Waals surface area contributed by atoms with Crippen LogP contribution in [0.25, 0.3) is 10.6 Å². The van der Waals surface area contributed by atoms with Crippen LogP contribution in [-0.2, 0) is 11.3 Å². The number of hydrogen-bond donors (Lipinski definition) is 0. The standard InChI is InChI=1S/C17H13N5OS.C2H6O/c18-7-11-2-1-3-12(6-11)16-20-14-9-22(17(23)15(14)24-16)13-4-5-21(8-13)10-19;1-3-2/h1-3,6,13H,4-5,8-9H2;1-2H3. The number of aromatic nitrogens is 1. The molecule has 1 atom stereocenters. The Balaban J connectivity index is 0.000000659. The van der Waals surface area contributed by atoms with Gasteiger partial charge in [-0.3, -0.25) is 4.79 Å². The fourth-order valence-electron chi connectivity index (χ4n) is 3.22. The fourth-order valence-corrected chi connectivity index (χ4v) is 4.24. The summed E-state index contributed by atoms with van der Waals surface area (Å²) in [5.74, 6) is 0.00924. The maximum atomic E-state index is 12.7. The van der Waals surface area contributed by atoms with Crippen LogP contribution < -0.4 is 0 Å². The van der Waals surface area contributed by atoms with Crippen LogP contribution in [-0.4, -0.2) is 54.0 Å². The van der Waals surface area contributed by atoms with Crippen molar-refractivity contribution in [2.45, 2.75) is 19.0 Å². The summed E-state index contributed by atoms with van der Waals surface area (Å²) >= 11 is 1.38. The van der Waals surface area contributed by atoms with Crippen LogP contribution >= 0.6 is 11.3 Å². The van der Waals surface area contributed by atoms with E-state index >= 15 is 0 Å². The minimum absolute atomic E-state index is 0.00924. The number of fused-ring (bicyclic) bond motifs is 1. The van der Waals surface area contributed by atoms with Gasteiger partial charge >= 0.3 is 0 Å². The molecule has 7 nitrogen and oxygen atoms in total. The Morgan fingerprint density at radius 3 is 2.74 bits per heavy atom. The van der Waals surface area contributed by atoms with Gasteiger partial charge in [-0.05, 0) is 18.6 Å². The van der Waals surface area contributed by atoms with E-state index in [1.54, 1.807) is 31.3 Å². The van der Waals surface area contributed by atoms with Gasteiger partial charge in [-0.2, -0.15) is 10.5 Å². The highest BCUT2D eigenvalue weighted by molar-refractivity contribution is 7.17. The van der Waals surface area contributed by atoms with E-state index in [1.807, 2.05) is 17.0 Å². The largest absolute Gasteiger partial charge is 0.388 e. The van der Waals surface area contributed by atoms with Crippen molar-refractivity contribution in [1.29, 1.82) is 10.5 Å². The van der Waals surface area contributed by atoms with E-state index in [1.165, 1.54) is 11.3 Å². The van der Waals surface area contributed by atoms with Crippen LogP contribution in [0.3, 0.4) is 0 Å². The zero-order valence-corrected chi connectivity index (χ0v) is 16.0. The van der Waals surface area contributed by atoms with Crippen molar-refractivity contribution in [3.05, 3.63) is 40.4 Å². The molecule has 0 N–H and O–H groups in total. The van der Waals surface area contributed by atoms with Crippen LogP contribution in [0.15, 0.2) is 24.3 Å². The topological polar surface area (TPSA) is 93.2 Å². The first kappa shape index (κ1) is 18.8. The number of rotatable bonds is 2. The molecule has 0 spiro atoms. The van der Waals surface area contributed by atoms with Gasteiger partial charge in [-0.1, -0.05) is 12.1 Å². The average molecular weight is 381 g/mol. The first-order chi connectivity index (χ1) is 13.1. The summed E-state index contributed by atoms with van der Waals surface area (Å²) in [5.41, 5.74) is 2.25. The maximum absolute atomic E-state index is 12.7. The first-order valence-corrected chi connectivity index (χ1v) is 9.29. The van der Waals surface area contributed by atoms with E-state index in [-0.39, 0.29) is 11.9 Å². The van der Waals surface area contributed by atoms with E-state index in [9.17, 15) is 4.79 Å². The molecule has 27 heavy (non-hydrogen) atoms. The molecule has 1 unspecified atom stereocenters. The Bertz CT molecular complexity index is 927. The van der Waals surface area contributed by atoms with Crippen molar-refractivity contribution in [3.8, 4) is 22.8 Å². The molecule has 1 amide bonds. The highest BCUT2D eigenvalue weighted by atomic mass is 32.1. The van der Waals surface area contributed by atoms with E-state index in [0.29, 0.717) is 30.1 Å². The third-order valence-corrected chi connectivity index (χ3v) is 5.59. The monoisotopic (exact) mass is 381 g/mol. The maximum Gasteiger partial charge on any atom is 0.266 e. The Morgan fingerprint density at radius 2 is 2.11 bits per heavy atom. The number of thiazole rings is 1. The zero-order chi connectivity index (χ0) is 19.4. The van der Waals surface area contributed by atoms with Crippen molar-refractivity contribution in [3.63, 3.8) is 0 Å². The molecule has 0 radical (unpaired) electrons. The summed E-state index contributed by atoms with van der Waals surface area (Å²) in [7, 11) is 3.25. The number of nitrogens with zero attached hydrogens (tertiary/aromatic N) is 5. The summed E-state index contributed by atoms with van der Waals surface area (Å²) in [6, 6.07) is 9.47. The number of amides is 1. The average Bonchev–Trinajstić information content (AvgIpc) is 3.38. The van der Waals surface area contributed by atoms with Crippen molar-refractivity contribution in [1.82, 2.24) is 14.8 Å². The molecule has 2 aliphatic heterocycles. The molecule has 4 rings (SSSR count). The van der Waals surface area contributed by atoms with Gasteiger partial charge in [0.25, 0.3) is 5.91 Å². The second kappa shape index (κ2) is 8.17. The third-order valence-electron chi connectivity index (χ3n) is 4.46. The molecule has 0 saturated carbocycles. The molecule has 1 aromatic carbocycles. The number of carbonyl (C=O) groups excluding carboxylic acids is 1. The van der Waals surface area contributed by atoms with Gasteiger partial charge in [0.15, 0.2) is 6.19 Å². The molecular weight excluding hydrogens is 362 g/mol. The summed E-state index contributed by atoms with van der Waals surface area (Å²) in [6.07, 6.45) is 2.97. The van der Waals surface area contributed by atoms with Gasteiger partial charge in [0.05, 0.1) is 29.9 Å². The number of ether oxygens (including phenoxy) is 1. The van der Waals surface area contributed by atoms with Crippen LogP contribution in [0.2, 0.25) is 0 Å². The van der Waals surface area contributed by atoms with Gasteiger partial charge < -0.3 is 14.5 Å². The number of nitriles is 2. The number of likely N-dealkylation sites (tertiary alicyclic amines) is 1. The molecule has 0 aliphatic carbocycles. The molecule has 1 saturated heterocycles. The highest BCUT2D eigenvalue weighted by Crippen LogP contribution is 2.35. The van der Waals surface area contributed by atoms with Crippen molar-refractivity contribution < 1.29 is 9.53 Å². The number of methoxy groups -OCH3 is 1. The highest BCUT2D eigenvalue weighted by Gasteiger charge is 2.38. The van der Waals surface area contributed by atoms with Gasteiger partial charge in [-0.15, -0.1) is 11.3 Å². The Labute approximate surface area is 162 Å². The summed E-state index contributed by atoms with van der Waals surface area (Å²) in [6.45, 7) is 1.82. The Hall–Kier alpha value is -2.94. The number of carbonyl (C=O) groups is 1. The summed E-state index contributed by atoms with van der Waals surface area (Å²) < 4.78 is 4.25. The molecule has 1 aromatic heterocycles. The molecule has 2 aromatic rings. The van der Waals surface area contributed by atoms with Crippen LogP contribution in [0.5, 0.6) is 0 Å². The Kier molecular flexibility index (Phi) is 5.70. The molecule has 138 valence electrons. The van der Waals surface area contributed by atoms with Crippen molar-refractivity contribution >= 4 is 17.2 Å². The predicted molar refractivity (Wildman–Crippen MR) is 101 cm³/mol. The summed E-state index contributed by atoms with van der Waals surface area (Å²) in [5, 5.41) is 18.8. The first-order valence-electron chi connectivity index (χ1n) is 8.47. The van der Waals surface area contributed by atoms with E-state index < -0.39 is 0 Å². The molecule has 3 heterocycles. The second-order valence-corrected chi connectivity index (χ2v) is 7.32. The van der Waals surface area contributed by atoms with Crippen LogP contribution in [0, 0.1) is 22.8 Å². The minimum Gasteiger partial charge on any atom is -0.388 e. The van der Waals surface area contributed by atoms with Crippen molar-refractivity contribution in [2.75, 3.05) is 27.3 Å². The molecule has 8 heteroatoms. The van der Waals surface area contributed by atoms with Gasteiger partial charge in [0, 0.05) is 32.9 Å². The quantitative estimate of drug-likeness (QED) is 0.742. The molecule has 2 aliphatic rings. The van der Waals surface area contributed by atoms with E-state index in [2.05, 4.69) is 22.0 Å². The van der Waals surface area contributed by atoms with Crippen LogP contribution in [0.4, 0.5) is 0 Å². The SMILES string of the molecule is COC.N#Cc1cccc(-c2nc3c(s2)C(=O)N(C2CCN(C#N)C2)C3)c1. The summed E-state index contributed by atoms with van der Waals surface area (Å²) in [4.78, 5) is 21.5. The fraction of sp³-hybridized carbons (Fsp3) is 0.368. The zero-order valence-electron chi connectivity index (χ0n) is 15.2. The number of hydrogen-bond acceptors (Lipinski definition) is 7. The van der Waals surface area contributed by atoms with E-state index in [0.717, 1.165) is 22.7 Å². The van der Waals surface area contributed by atoms with Gasteiger partial charge in [0.2, 0.25) is 0 Å². The lowest BCUT2D eigenvalue weighted by Gasteiger charge is -2.22. The molecule has 1 fully saturated rings. The van der Waals surface area contributed by atoms with E-state index in [4.69, 9.17) is 10.5 Å². The van der Waals surface area contributed by atoms with Crippen LogP contribution in [0.1, 0.15) is 27.3 Å². The molecule has 0 bridgehead atoms. The Morgan fingerprint density at radius 1 is 1.33 bits per heavy atom. The van der Waals surface area contributed by atoms with Crippen molar-refractivity contribution in [2.24, 2.45) is 0 Å². The molecular formula is C19H19N5O2S. The normalized spacial score (nSPS) is 17.8. The smallest absolute Gasteiger partial charge is 0.266 e. The lowest BCUT2D eigenvalue weighted by atomic mass is 10.1. The second-order valence-electron chi connectivity index (χ2n) is 6.32. The predicted octanol–water partition coefficient (Wildman–Crippen LogP) is 2.46. The lowest BCUT2D eigenvalue weighted by molar-refractivity contribution is 0.0714. The minimum atomic E-state index is 0.00924.